The fourth-order valence-electron chi connectivity index (χ4n) is 3.40. The number of hydrogen-bond donors (Lipinski definition) is 0. The second kappa shape index (κ2) is 9.24. The van der Waals surface area contributed by atoms with Crippen molar-refractivity contribution in [1.82, 2.24) is 14.4 Å². The molecule has 1 aliphatic carbocycles. The average molecular weight is 362 g/mol. The van der Waals surface area contributed by atoms with E-state index in [1.165, 1.54) is 0 Å². The molecule has 1 heterocycles. The van der Waals surface area contributed by atoms with Crippen LogP contribution in [-0.4, -0.2) is 45.8 Å². The van der Waals surface area contributed by atoms with Crippen LogP contribution in [-0.2, 0) is 23.2 Å². The average Bonchev–Trinajstić information content (AvgIpc) is 2.88. The lowest BCUT2D eigenvalue weighted by atomic mass is 9.84. The van der Waals surface area contributed by atoms with Crippen LogP contribution in [0.4, 0.5) is 0 Å². The number of rotatable bonds is 9. The molecule has 26 heavy (non-hydrogen) atoms. The molecule has 0 spiro atoms. The highest BCUT2D eigenvalue weighted by Gasteiger charge is 2.31. The van der Waals surface area contributed by atoms with E-state index in [0.717, 1.165) is 25.0 Å². The van der Waals surface area contributed by atoms with Crippen molar-refractivity contribution in [2.45, 2.75) is 53.5 Å². The van der Waals surface area contributed by atoms with Crippen molar-refractivity contribution in [3.05, 3.63) is 24.0 Å². The van der Waals surface area contributed by atoms with Crippen LogP contribution < -0.4 is 0 Å². The molecule has 1 saturated carbocycles. The van der Waals surface area contributed by atoms with Crippen LogP contribution in [0.15, 0.2) is 18.3 Å². The summed E-state index contributed by atoms with van der Waals surface area (Å²) in [5.41, 5.74) is 1.11. The lowest BCUT2D eigenvalue weighted by Gasteiger charge is -2.34. The Labute approximate surface area is 158 Å². The topological polar surface area (TPSA) is 45.6 Å². The van der Waals surface area contributed by atoms with Gasteiger partial charge in [-0.25, -0.2) is 0 Å². The van der Waals surface area contributed by atoms with E-state index in [1.54, 1.807) is 4.90 Å². The molecule has 0 radical (unpaired) electrons. The summed E-state index contributed by atoms with van der Waals surface area (Å²) in [6.07, 6.45) is 5.08. The smallest absolute Gasteiger partial charge is 0.242 e. The predicted molar refractivity (Wildman–Crippen MR) is 104 cm³/mol. The van der Waals surface area contributed by atoms with Crippen molar-refractivity contribution in [3.8, 4) is 0 Å². The number of carbonyl (C=O) groups is 2. The molecule has 0 saturated heterocycles. The maximum atomic E-state index is 13.1. The Morgan fingerprint density at radius 3 is 2.19 bits per heavy atom. The Bertz CT molecular complexity index is 602. The van der Waals surface area contributed by atoms with Crippen molar-refractivity contribution in [2.24, 2.45) is 24.8 Å². The molecule has 1 fully saturated rings. The molecule has 0 unspecified atom stereocenters. The van der Waals surface area contributed by atoms with Gasteiger partial charge in [0.15, 0.2) is 0 Å². The number of carbonyl (C=O) groups excluding carboxylic acids is 2. The van der Waals surface area contributed by atoms with E-state index in [2.05, 4.69) is 27.7 Å². The molecule has 5 heteroatoms. The lowest BCUT2D eigenvalue weighted by Crippen LogP contribution is -2.47. The number of nitrogens with zero attached hydrogens (tertiary/aromatic N) is 3. The summed E-state index contributed by atoms with van der Waals surface area (Å²) in [7, 11) is 2.00. The van der Waals surface area contributed by atoms with E-state index in [9.17, 15) is 9.59 Å². The van der Waals surface area contributed by atoms with E-state index in [0.29, 0.717) is 31.5 Å². The molecule has 2 amide bonds. The SMILES string of the molecule is CC(C)CN(Cc1cccn1C)C(=O)CN(CC(C)C)C(=O)C1CCC1. The molecule has 0 aromatic carbocycles. The van der Waals surface area contributed by atoms with E-state index < -0.39 is 0 Å². The minimum atomic E-state index is 0.0493. The van der Waals surface area contributed by atoms with Crippen LogP contribution in [0.25, 0.3) is 0 Å². The molecule has 0 aliphatic heterocycles. The summed E-state index contributed by atoms with van der Waals surface area (Å²) in [5.74, 6) is 1.10. The highest BCUT2D eigenvalue weighted by molar-refractivity contribution is 5.86. The van der Waals surface area contributed by atoms with Gasteiger partial charge in [-0.05, 0) is 36.8 Å². The van der Waals surface area contributed by atoms with Gasteiger partial charge in [-0.15, -0.1) is 0 Å². The first-order valence-electron chi connectivity index (χ1n) is 9.94. The monoisotopic (exact) mass is 361 g/mol. The lowest BCUT2D eigenvalue weighted by molar-refractivity contribution is -0.145. The van der Waals surface area contributed by atoms with Gasteiger partial charge in [-0.3, -0.25) is 9.59 Å². The Hall–Kier alpha value is -1.78. The van der Waals surface area contributed by atoms with Gasteiger partial charge in [0.25, 0.3) is 0 Å². The highest BCUT2D eigenvalue weighted by atomic mass is 16.2. The summed E-state index contributed by atoms with van der Waals surface area (Å²) < 4.78 is 2.05. The minimum Gasteiger partial charge on any atom is -0.353 e. The summed E-state index contributed by atoms with van der Waals surface area (Å²) in [4.78, 5) is 29.5. The van der Waals surface area contributed by atoms with Gasteiger partial charge in [0.2, 0.25) is 11.8 Å². The number of amides is 2. The maximum absolute atomic E-state index is 13.1. The maximum Gasteiger partial charge on any atom is 0.242 e. The Morgan fingerprint density at radius 2 is 1.73 bits per heavy atom. The predicted octanol–water partition coefficient (Wildman–Crippen LogP) is 3.29. The van der Waals surface area contributed by atoms with Crippen molar-refractivity contribution in [2.75, 3.05) is 19.6 Å². The molecule has 1 aromatic rings. The van der Waals surface area contributed by atoms with Crippen LogP contribution in [0, 0.1) is 17.8 Å². The molecule has 0 N–H and O–H groups in total. The third-order valence-electron chi connectivity index (χ3n) is 5.02. The van der Waals surface area contributed by atoms with Crippen LogP contribution in [0.3, 0.4) is 0 Å². The second-order valence-corrected chi connectivity index (χ2v) is 8.52. The van der Waals surface area contributed by atoms with Crippen LogP contribution in [0.1, 0.15) is 52.7 Å². The molecule has 146 valence electrons. The molecule has 0 bridgehead atoms. The molecular formula is C21H35N3O2. The van der Waals surface area contributed by atoms with Crippen LogP contribution in [0.5, 0.6) is 0 Å². The largest absolute Gasteiger partial charge is 0.353 e. The quantitative estimate of drug-likeness (QED) is 0.677. The highest BCUT2D eigenvalue weighted by Crippen LogP contribution is 2.28. The standard InChI is InChI=1S/C21H35N3O2/c1-16(2)12-23(14-19-10-7-11-22(19)5)20(25)15-24(13-17(3)4)21(26)18-8-6-9-18/h7,10-11,16-18H,6,8-9,12-15H2,1-5H3. The van der Waals surface area contributed by atoms with Gasteiger partial charge in [0.05, 0.1) is 13.1 Å². The second-order valence-electron chi connectivity index (χ2n) is 8.52. The zero-order valence-electron chi connectivity index (χ0n) is 17.1. The van der Waals surface area contributed by atoms with E-state index in [1.807, 2.05) is 34.8 Å². The first kappa shape index (κ1) is 20.5. The third kappa shape index (κ3) is 5.61. The van der Waals surface area contributed by atoms with Crippen molar-refractivity contribution in [1.29, 1.82) is 0 Å². The summed E-state index contributed by atoms with van der Waals surface area (Å²) in [6.45, 7) is 10.6. The minimum absolute atomic E-state index is 0.0493. The van der Waals surface area contributed by atoms with Gasteiger partial charge in [-0.1, -0.05) is 34.1 Å². The van der Waals surface area contributed by atoms with Gasteiger partial charge < -0.3 is 14.4 Å². The summed E-state index contributed by atoms with van der Waals surface area (Å²) in [5, 5.41) is 0. The van der Waals surface area contributed by atoms with Gasteiger partial charge in [0, 0.05) is 37.9 Å². The third-order valence-corrected chi connectivity index (χ3v) is 5.02. The fraction of sp³-hybridized carbons (Fsp3) is 0.714. The van der Waals surface area contributed by atoms with Crippen LogP contribution >= 0.6 is 0 Å². The first-order valence-corrected chi connectivity index (χ1v) is 9.94. The molecule has 5 nitrogen and oxygen atoms in total. The Kier molecular flexibility index (Phi) is 7.30. The fourth-order valence-corrected chi connectivity index (χ4v) is 3.40. The van der Waals surface area contributed by atoms with Crippen molar-refractivity contribution < 1.29 is 9.59 Å². The number of aromatic nitrogens is 1. The molecule has 2 rings (SSSR count). The molecule has 1 aliphatic rings. The van der Waals surface area contributed by atoms with Crippen molar-refractivity contribution >= 4 is 11.8 Å². The summed E-state index contributed by atoms with van der Waals surface area (Å²) >= 11 is 0. The van der Waals surface area contributed by atoms with Gasteiger partial charge >= 0.3 is 0 Å². The Morgan fingerprint density at radius 1 is 1.12 bits per heavy atom. The van der Waals surface area contributed by atoms with Gasteiger partial charge in [-0.2, -0.15) is 0 Å². The van der Waals surface area contributed by atoms with E-state index in [4.69, 9.17) is 0 Å². The molecule has 1 aromatic heterocycles. The van der Waals surface area contributed by atoms with Crippen molar-refractivity contribution in [3.63, 3.8) is 0 Å². The first-order chi connectivity index (χ1) is 12.3. The van der Waals surface area contributed by atoms with Crippen LogP contribution in [0.2, 0.25) is 0 Å². The van der Waals surface area contributed by atoms with E-state index in [-0.39, 0.29) is 24.3 Å². The zero-order chi connectivity index (χ0) is 19.3. The summed E-state index contributed by atoms with van der Waals surface area (Å²) in [6, 6.07) is 4.05. The number of aryl methyl sites for hydroxylation is 1. The normalized spacial score (nSPS) is 14.6. The van der Waals surface area contributed by atoms with Gasteiger partial charge in [0.1, 0.15) is 0 Å². The molecule has 0 atom stereocenters. The molecular weight excluding hydrogens is 326 g/mol. The van der Waals surface area contributed by atoms with E-state index >= 15 is 0 Å². The Balaban J connectivity index is 2.08. The zero-order valence-corrected chi connectivity index (χ0v) is 17.1. The number of hydrogen-bond acceptors (Lipinski definition) is 2.